The third kappa shape index (κ3) is 4.62. The normalized spacial score (nSPS) is 14.4. The van der Waals surface area contributed by atoms with Crippen molar-refractivity contribution in [1.82, 2.24) is 35.2 Å². The summed E-state index contributed by atoms with van der Waals surface area (Å²) in [4.78, 5) is 10.3. The van der Waals surface area contributed by atoms with Crippen LogP contribution in [-0.4, -0.2) is 42.3 Å². The van der Waals surface area contributed by atoms with Crippen molar-refractivity contribution in [2.75, 3.05) is 7.11 Å². The number of ether oxygens (including phenoxy) is 1. The quantitative estimate of drug-likeness (QED) is 0.231. The molecule has 0 radical (unpaired) electrons. The van der Waals surface area contributed by atoms with Crippen LogP contribution in [0.4, 0.5) is 0 Å². The molecule has 42 heavy (non-hydrogen) atoms. The average molecular weight is 556 g/mol. The van der Waals surface area contributed by atoms with Crippen molar-refractivity contribution in [2.24, 2.45) is 0 Å². The van der Waals surface area contributed by atoms with Crippen LogP contribution in [0.2, 0.25) is 0 Å². The van der Waals surface area contributed by atoms with Gasteiger partial charge in [-0.15, -0.1) is 10.2 Å². The Morgan fingerprint density at radius 3 is 2.64 bits per heavy atom. The predicted octanol–water partition coefficient (Wildman–Crippen LogP) is 6.48. The van der Waals surface area contributed by atoms with E-state index < -0.39 is 0 Å². The van der Waals surface area contributed by atoms with Gasteiger partial charge >= 0.3 is 0 Å². The van der Waals surface area contributed by atoms with E-state index in [9.17, 15) is 0 Å². The number of imidazole rings is 1. The summed E-state index contributed by atoms with van der Waals surface area (Å²) in [5.74, 6) is 2.58. The molecule has 0 saturated heterocycles. The number of hydrogen-bond acceptors (Lipinski definition) is 6. The van der Waals surface area contributed by atoms with Gasteiger partial charge in [-0.1, -0.05) is 61.5 Å². The molecule has 8 nitrogen and oxygen atoms in total. The number of rotatable bonds is 8. The van der Waals surface area contributed by atoms with E-state index in [1.54, 1.807) is 7.11 Å². The van der Waals surface area contributed by atoms with Crippen LogP contribution in [0.1, 0.15) is 53.2 Å². The van der Waals surface area contributed by atoms with Crippen LogP contribution < -0.4 is 4.74 Å². The van der Waals surface area contributed by atoms with Crippen molar-refractivity contribution >= 4 is 11.2 Å². The highest BCUT2D eigenvalue weighted by atomic mass is 16.5. The fraction of sp³-hybridized carbons (Fsp3) is 0.265. The highest BCUT2D eigenvalue weighted by Crippen LogP contribution is 2.40. The number of methoxy groups -OCH3 is 1. The molecule has 3 aromatic heterocycles. The number of nitrogens with zero attached hydrogens (tertiary/aromatic N) is 6. The molecule has 1 N–H and O–H groups in total. The molecule has 0 unspecified atom stereocenters. The molecule has 8 heteroatoms. The number of aromatic amines is 1. The van der Waals surface area contributed by atoms with Gasteiger partial charge in [0, 0.05) is 17.7 Å². The first-order valence-electron chi connectivity index (χ1n) is 14.6. The maximum atomic E-state index is 5.42. The number of aromatic nitrogens is 7. The number of nitrogens with one attached hydrogen (secondary N) is 1. The summed E-state index contributed by atoms with van der Waals surface area (Å²) in [7, 11) is 1.71. The van der Waals surface area contributed by atoms with Gasteiger partial charge in [-0.25, -0.2) is 9.97 Å². The molecule has 0 fully saturated rings. The lowest BCUT2D eigenvalue weighted by molar-refractivity contribution is 0.414. The van der Waals surface area contributed by atoms with Gasteiger partial charge in [-0.05, 0) is 89.4 Å². The highest BCUT2D eigenvalue weighted by Gasteiger charge is 2.29. The number of hydrogen-bond donors (Lipinski definition) is 1. The van der Waals surface area contributed by atoms with Crippen LogP contribution in [0, 0.1) is 6.92 Å². The van der Waals surface area contributed by atoms with Gasteiger partial charge in [0.2, 0.25) is 5.82 Å². The molecular formula is C34H33N7O. The summed E-state index contributed by atoms with van der Waals surface area (Å²) < 4.78 is 7.83. The molecule has 7 rings (SSSR count). The van der Waals surface area contributed by atoms with Crippen LogP contribution in [0.15, 0.2) is 72.8 Å². The first-order chi connectivity index (χ1) is 20.6. The van der Waals surface area contributed by atoms with Crippen molar-refractivity contribution in [1.29, 1.82) is 0 Å². The Hall–Kier alpha value is -4.85. The van der Waals surface area contributed by atoms with Crippen molar-refractivity contribution in [2.45, 2.75) is 52.0 Å². The predicted molar refractivity (Wildman–Crippen MR) is 164 cm³/mol. The van der Waals surface area contributed by atoms with E-state index in [1.165, 1.54) is 22.3 Å². The van der Waals surface area contributed by atoms with Gasteiger partial charge in [-0.3, -0.25) is 0 Å². The van der Waals surface area contributed by atoms with E-state index in [0.29, 0.717) is 5.82 Å². The number of aryl methyl sites for hydroxylation is 5. The number of tetrazole rings is 1. The second-order valence-corrected chi connectivity index (χ2v) is 11.0. The number of pyridine rings is 1. The number of benzene rings is 3. The molecule has 3 heterocycles. The Morgan fingerprint density at radius 1 is 0.952 bits per heavy atom. The van der Waals surface area contributed by atoms with E-state index in [4.69, 9.17) is 14.7 Å². The second-order valence-electron chi connectivity index (χ2n) is 11.0. The molecule has 1 atom stereocenters. The lowest BCUT2D eigenvalue weighted by Crippen LogP contribution is -2.12. The van der Waals surface area contributed by atoms with Gasteiger partial charge in [0.05, 0.1) is 13.2 Å². The fourth-order valence-corrected chi connectivity index (χ4v) is 6.37. The van der Waals surface area contributed by atoms with Crippen LogP contribution >= 0.6 is 0 Å². The van der Waals surface area contributed by atoms with Crippen molar-refractivity contribution in [3.8, 4) is 28.3 Å². The first kappa shape index (κ1) is 26.1. The summed E-state index contributed by atoms with van der Waals surface area (Å²) in [6.07, 6.45) is 4.66. The molecule has 0 spiro atoms. The molecule has 0 bridgehead atoms. The van der Waals surface area contributed by atoms with Gasteiger partial charge in [-0.2, -0.15) is 5.21 Å². The van der Waals surface area contributed by atoms with Crippen molar-refractivity contribution < 1.29 is 4.74 Å². The van der Waals surface area contributed by atoms with Gasteiger partial charge < -0.3 is 9.30 Å². The Labute approximate surface area is 244 Å². The van der Waals surface area contributed by atoms with Gasteiger partial charge in [0.1, 0.15) is 17.1 Å². The molecule has 0 saturated carbocycles. The summed E-state index contributed by atoms with van der Waals surface area (Å²) >= 11 is 0. The molecule has 3 aromatic carbocycles. The summed E-state index contributed by atoms with van der Waals surface area (Å²) in [5.41, 5.74) is 11.5. The maximum absolute atomic E-state index is 5.42. The molecule has 210 valence electrons. The van der Waals surface area contributed by atoms with E-state index in [0.717, 1.165) is 77.2 Å². The Balaban J connectivity index is 1.24. The van der Waals surface area contributed by atoms with E-state index in [1.807, 2.05) is 24.3 Å². The van der Waals surface area contributed by atoms with Gasteiger partial charge in [0.25, 0.3) is 0 Å². The lowest BCUT2D eigenvalue weighted by Gasteiger charge is -2.18. The minimum Gasteiger partial charge on any atom is -0.497 e. The topological polar surface area (TPSA) is 94.4 Å². The Bertz CT molecular complexity index is 1890. The van der Waals surface area contributed by atoms with Crippen LogP contribution in [0.5, 0.6) is 5.75 Å². The van der Waals surface area contributed by atoms with Crippen molar-refractivity contribution in [3.63, 3.8) is 0 Å². The van der Waals surface area contributed by atoms with E-state index in [2.05, 4.69) is 87.6 Å². The SMILES string of the molecule is CCc1nc2c(C)cc(CCc3cccc(OC)c3)nc2n1[C@H]1CCc2cc(-c3ccccc3-c3nn[nH]n3)ccc21. The maximum Gasteiger partial charge on any atom is 0.205 e. The molecule has 6 aromatic rings. The van der Waals surface area contributed by atoms with E-state index >= 15 is 0 Å². The van der Waals surface area contributed by atoms with Crippen molar-refractivity contribution in [3.05, 3.63) is 107 Å². The number of fused-ring (bicyclic) bond motifs is 2. The largest absolute Gasteiger partial charge is 0.497 e. The first-order valence-corrected chi connectivity index (χ1v) is 14.6. The zero-order valence-electron chi connectivity index (χ0n) is 24.1. The Morgan fingerprint density at radius 2 is 1.83 bits per heavy atom. The van der Waals surface area contributed by atoms with E-state index in [-0.39, 0.29) is 6.04 Å². The molecule has 0 aliphatic heterocycles. The minimum atomic E-state index is 0.210. The zero-order chi connectivity index (χ0) is 28.6. The van der Waals surface area contributed by atoms with Crippen LogP contribution in [-0.2, 0) is 25.7 Å². The Kier molecular flexibility index (Phi) is 6.74. The number of H-pyrrole nitrogens is 1. The third-order valence-corrected chi connectivity index (χ3v) is 8.41. The van der Waals surface area contributed by atoms with Gasteiger partial charge in [0.15, 0.2) is 5.65 Å². The van der Waals surface area contributed by atoms with Crippen LogP contribution in [0.25, 0.3) is 33.7 Å². The molecule has 1 aliphatic rings. The lowest BCUT2D eigenvalue weighted by atomic mass is 9.96. The fourth-order valence-electron chi connectivity index (χ4n) is 6.37. The molecule has 0 amide bonds. The van der Waals surface area contributed by atoms with Crippen LogP contribution in [0.3, 0.4) is 0 Å². The monoisotopic (exact) mass is 555 g/mol. The summed E-state index contributed by atoms with van der Waals surface area (Å²) in [5, 5.41) is 14.8. The minimum absolute atomic E-state index is 0.210. The summed E-state index contributed by atoms with van der Waals surface area (Å²) in [6, 6.07) is 25.8. The standard InChI is InChI=1S/C34H33N7O/c1-4-31-36-32-21(2)18-25(15-12-22-8-7-9-26(19-22)42-3)35-34(32)41(31)30-17-14-24-20-23(13-16-28(24)30)27-10-5-6-11-29(27)33-37-39-40-38-33/h5-11,13,16,18-20,30H,4,12,14-15,17H2,1-3H3,(H,37,38,39,40)/t30-/m0/s1. The second kappa shape index (κ2) is 10.9. The average Bonchev–Trinajstić information content (AvgIpc) is 3.79. The highest BCUT2D eigenvalue weighted by molar-refractivity contribution is 5.81. The molecule has 1 aliphatic carbocycles. The summed E-state index contributed by atoms with van der Waals surface area (Å²) in [6.45, 7) is 4.34. The zero-order valence-corrected chi connectivity index (χ0v) is 24.1. The smallest absolute Gasteiger partial charge is 0.205 e. The molecular weight excluding hydrogens is 522 g/mol. The third-order valence-electron chi connectivity index (χ3n) is 8.41.